The van der Waals surface area contributed by atoms with Gasteiger partial charge >= 0.3 is 0 Å². The van der Waals surface area contributed by atoms with E-state index in [1.807, 2.05) is 29.7 Å². The summed E-state index contributed by atoms with van der Waals surface area (Å²) in [6.45, 7) is 2.73. The Morgan fingerprint density at radius 3 is 2.76 bits per heavy atom. The molecule has 0 bridgehead atoms. The molecule has 4 heteroatoms. The second-order valence-electron chi connectivity index (χ2n) is 7.69. The summed E-state index contributed by atoms with van der Waals surface area (Å²) in [5.41, 5.74) is 1.09. The second kappa shape index (κ2) is 7.98. The largest absolute Gasteiger partial charge is 0.391 e. The van der Waals surface area contributed by atoms with E-state index in [2.05, 4.69) is 28.1 Å². The molecule has 3 heterocycles. The lowest BCUT2D eigenvalue weighted by Gasteiger charge is -2.20. The fourth-order valence-corrected chi connectivity index (χ4v) is 5.59. The third-order valence-electron chi connectivity index (χ3n) is 5.75. The highest BCUT2D eigenvalue weighted by molar-refractivity contribution is 7.12. The van der Waals surface area contributed by atoms with E-state index in [0.717, 1.165) is 37.7 Å². The maximum atomic E-state index is 10.4. The molecule has 134 valence electrons. The van der Waals surface area contributed by atoms with Gasteiger partial charge in [-0.2, -0.15) is 0 Å². The molecule has 0 aromatic carbocycles. The van der Waals surface area contributed by atoms with Crippen LogP contribution in [0.15, 0.2) is 36.5 Å². The van der Waals surface area contributed by atoms with Gasteiger partial charge in [0.15, 0.2) is 0 Å². The summed E-state index contributed by atoms with van der Waals surface area (Å²) in [5.74, 6) is 1.10. The van der Waals surface area contributed by atoms with Crippen LogP contribution in [0.4, 0.5) is 0 Å². The number of aliphatic hydroxyl groups excluding tert-OH is 1. The molecule has 2 aromatic heterocycles. The Bertz CT molecular complexity index is 666. The Morgan fingerprint density at radius 2 is 1.96 bits per heavy atom. The molecule has 2 aromatic rings. The standard InChI is InChI=1S/C21H28N2OS/c24-20-15-23(13-17(20)12-18-8-4-5-11-22-18)14-19-9-10-21(25-19)16-6-2-1-3-7-16/h4-5,8-11,16-17,20,24H,1-3,6-7,12-15H2/t17-,20-/m1/s1. The summed E-state index contributed by atoms with van der Waals surface area (Å²) in [7, 11) is 0. The van der Waals surface area contributed by atoms with E-state index in [-0.39, 0.29) is 6.10 Å². The van der Waals surface area contributed by atoms with Crippen molar-refractivity contribution in [1.82, 2.24) is 9.88 Å². The zero-order valence-electron chi connectivity index (χ0n) is 14.8. The second-order valence-corrected chi connectivity index (χ2v) is 8.89. The number of likely N-dealkylation sites (tertiary alicyclic amines) is 1. The normalized spacial score (nSPS) is 25.5. The molecule has 1 N–H and O–H groups in total. The van der Waals surface area contributed by atoms with E-state index < -0.39 is 0 Å². The first-order chi connectivity index (χ1) is 12.3. The summed E-state index contributed by atoms with van der Waals surface area (Å²) in [6.07, 6.45) is 9.42. The van der Waals surface area contributed by atoms with Crippen molar-refractivity contribution in [1.29, 1.82) is 0 Å². The lowest BCUT2D eigenvalue weighted by Crippen LogP contribution is -2.20. The SMILES string of the molecule is O[C@@H]1CN(Cc2ccc(C3CCCCC3)s2)C[C@H]1Cc1ccccn1. The van der Waals surface area contributed by atoms with Crippen LogP contribution in [0.1, 0.15) is 53.5 Å². The first-order valence-corrected chi connectivity index (χ1v) is 10.5. The molecule has 0 unspecified atom stereocenters. The molecule has 2 atom stereocenters. The molecule has 2 aliphatic rings. The van der Waals surface area contributed by atoms with Gasteiger partial charge in [0.05, 0.1) is 6.10 Å². The summed E-state index contributed by atoms with van der Waals surface area (Å²) >= 11 is 2.00. The highest BCUT2D eigenvalue weighted by atomic mass is 32.1. The quantitative estimate of drug-likeness (QED) is 0.871. The van der Waals surface area contributed by atoms with Crippen molar-refractivity contribution < 1.29 is 5.11 Å². The van der Waals surface area contributed by atoms with Gasteiger partial charge in [0.25, 0.3) is 0 Å². The minimum atomic E-state index is -0.236. The molecule has 1 saturated heterocycles. The number of aliphatic hydroxyl groups is 1. The summed E-state index contributed by atoms with van der Waals surface area (Å²) in [5, 5.41) is 10.4. The highest BCUT2D eigenvalue weighted by Gasteiger charge is 2.31. The number of β-amino-alcohol motifs (C(OH)–C–C–N with tert-alkyl or cyclic N) is 1. The molecular weight excluding hydrogens is 328 g/mol. The van der Waals surface area contributed by atoms with Crippen LogP contribution in [0, 0.1) is 5.92 Å². The van der Waals surface area contributed by atoms with Crippen LogP contribution in [-0.4, -0.2) is 34.2 Å². The Kier molecular flexibility index (Phi) is 5.49. The Hall–Kier alpha value is -1.23. The van der Waals surface area contributed by atoms with Crippen molar-refractivity contribution in [2.75, 3.05) is 13.1 Å². The van der Waals surface area contributed by atoms with Crippen LogP contribution in [-0.2, 0) is 13.0 Å². The van der Waals surface area contributed by atoms with Crippen LogP contribution in [0.2, 0.25) is 0 Å². The molecular formula is C21H28N2OS. The van der Waals surface area contributed by atoms with Gasteiger partial charge in [0.2, 0.25) is 0 Å². The molecule has 1 aliphatic carbocycles. The average molecular weight is 357 g/mol. The van der Waals surface area contributed by atoms with Gasteiger partial charge in [-0.15, -0.1) is 11.3 Å². The van der Waals surface area contributed by atoms with Crippen LogP contribution >= 0.6 is 11.3 Å². The topological polar surface area (TPSA) is 36.4 Å². The lowest BCUT2D eigenvalue weighted by atomic mass is 9.88. The number of thiophene rings is 1. The van der Waals surface area contributed by atoms with Crippen molar-refractivity contribution >= 4 is 11.3 Å². The fraction of sp³-hybridized carbons (Fsp3) is 0.571. The van der Waals surface area contributed by atoms with Crippen LogP contribution in [0.3, 0.4) is 0 Å². The molecule has 1 saturated carbocycles. The first kappa shape index (κ1) is 17.2. The zero-order valence-corrected chi connectivity index (χ0v) is 15.6. The van der Waals surface area contributed by atoms with Gasteiger partial charge in [-0.1, -0.05) is 25.3 Å². The predicted octanol–water partition coefficient (Wildman–Crippen LogP) is 4.23. The van der Waals surface area contributed by atoms with Crippen molar-refractivity contribution in [2.24, 2.45) is 5.92 Å². The van der Waals surface area contributed by atoms with Crippen molar-refractivity contribution in [3.05, 3.63) is 52.0 Å². The summed E-state index contributed by atoms with van der Waals surface area (Å²) in [4.78, 5) is 9.86. The minimum Gasteiger partial charge on any atom is -0.391 e. The molecule has 1 aliphatic heterocycles. The van der Waals surface area contributed by atoms with Crippen LogP contribution < -0.4 is 0 Å². The van der Waals surface area contributed by atoms with E-state index in [1.54, 1.807) is 4.88 Å². The van der Waals surface area contributed by atoms with Gasteiger partial charge in [-0.05, 0) is 49.4 Å². The van der Waals surface area contributed by atoms with Crippen molar-refractivity contribution in [3.63, 3.8) is 0 Å². The average Bonchev–Trinajstić information content (AvgIpc) is 3.24. The third kappa shape index (κ3) is 4.30. The van der Waals surface area contributed by atoms with Crippen molar-refractivity contribution in [2.45, 2.75) is 57.1 Å². The number of nitrogens with zero attached hydrogens (tertiary/aromatic N) is 2. The monoisotopic (exact) mass is 356 g/mol. The Labute approximate surface area is 154 Å². The Morgan fingerprint density at radius 1 is 1.08 bits per heavy atom. The van der Waals surface area contributed by atoms with Crippen LogP contribution in [0.25, 0.3) is 0 Å². The van der Waals surface area contributed by atoms with E-state index in [1.165, 1.54) is 37.0 Å². The number of hydrogen-bond acceptors (Lipinski definition) is 4. The van der Waals surface area contributed by atoms with Gasteiger partial charge < -0.3 is 5.11 Å². The predicted molar refractivity (Wildman–Crippen MR) is 103 cm³/mol. The molecule has 0 amide bonds. The van der Waals surface area contributed by atoms with Gasteiger partial charge in [0.1, 0.15) is 0 Å². The van der Waals surface area contributed by atoms with E-state index in [0.29, 0.717) is 5.92 Å². The minimum absolute atomic E-state index is 0.236. The molecule has 25 heavy (non-hydrogen) atoms. The maximum absolute atomic E-state index is 10.4. The summed E-state index contributed by atoms with van der Waals surface area (Å²) in [6, 6.07) is 10.7. The van der Waals surface area contributed by atoms with Gasteiger partial charge in [-0.3, -0.25) is 9.88 Å². The fourth-order valence-electron chi connectivity index (χ4n) is 4.37. The maximum Gasteiger partial charge on any atom is 0.0711 e. The van der Waals surface area contributed by atoms with E-state index in [9.17, 15) is 5.11 Å². The number of pyridine rings is 1. The number of rotatable bonds is 5. The lowest BCUT2D eigenvalue weighted by molar-refractivity contribution is 0.140. The number of aromatic nitrogens is 1. The van der Waals surface area contributed by atoms with Crippen LogP contribution in [0.5, 0.6) is 0 Å². The van der Waals surface area contributed by atoms with Gasteiger partial charge in [-0.25, -0.2) is 0 Å². The van der Waals surface area contributed by atoms with E-state index in [4.69, 9.17) is 0 Å². The number of hydrogen-bond donors (Lipinski definition) is 1. The summed E-state index contributed by atoms with van der Waals surface area (Å²) < 4.78 is 0. The van der Waals surface area contributed by atoms with E-state index >= 15 is 0 Å². The zero-order chi connectivity index (χ0) is 17.1. The smallest absolute Gasteiger partial charge is 0.0711 e. The Balaban J connectivity index is 1.33. The third-order valence-corrected chi connectivity index (χ3v) is 6.98. The van der Waals surface area contributed by atoms with Gasteiger partial charge in [0, 0.05) is 47.2 Å². The molecule has 4 rings (SSSR count). The highest BCUT2D eigenvalue weighted by Crippen LogP contribution is 2.37. The first-order valence-electron chi connectivity index (χ1n) is 9.67. The molecule has 0 radical (unpaired) electrons. The molecule has 2 fully saturated rings. The molecule has 0 spiro atoms. The van der Waals surface area contributed by atoms with Crippen molar-refractivity contribution in [3.8, 4) is 0 Å². The molecule has 3 nitrogen and oxygen atoms in total.